The van der Waals surface area contributed by atoms with Crippen LogP contribution in [0.25, 0.3) is 0 Å². The number of rotatable bonds is 5. The second-order valence-electron chi connectivity index (χ2n) is 6.32. The van der Waals surface area contributed by atoms with E-state index in [1.165, 1.54) is 0 Å². The van der Waals surface area contributed by atoms with Gasteiger partial charge in [-0.15, -0.1) is 0 Å². The molecular formula is C19H24N3O3+. The van der Waals surface area contributed by atoms with E-state index < -0.39 is 0 Å². The first-order chi connectivity index (χ1) is 12.2. The molecule has 1 aliphatic rings. The third kappa shape index (κ3) is 5.11. The molecule has 1 aliphatic heterocycles. The molecule has 1 amide bonds. The van der Waals surface area contributed by atoms with Crippen molar-refractivity contribution in [2.45, 2.75) is 19.4 Å². The lowest BCUT2D eigenvalue weighted by molar-refractivity contribution is -0.904. The first-order valence-electron chi connectivity index (χ1n) is 8.61. The highest BCUT2D eigenvalue weighted by Crippen LogP contribution is 2.19. The van der Waals surface area contributed by atoms with Crippen molar-refractivity contribution in [1.82, 2.24) is 4.90 Å². The summed E-state index contributed by atoms with van der Waals surface area (Å²) in [6, 6.07) is 13.4. The van der Waals surface area contributed by atoms with Crippen LogP contribution in [0.15, 0.2) is 54.9 Å². The normalized spacial score (nSPS) is 15.0. The van der Waals surface area contributed by atoms with E-state index in [4.69, 9.17) is 4.74 Å². The van der Waals surface area contributed by atoms with Gasteiger partial charge >= 0.3 is 6.09 Å². The predicted molar refractivity (Wildman–Crippen MR) is 93.2 cm³/mol. The molecule has 3 rings (SSSR count). The number of amides is 1. The standard InChI is InChI=1S/C19H23N3O3/c23-19(25-15-17-4-2-1-3-5-17)21-10-6-16(7-11-21)14-20-18-8-12-22(24)13-9-18/h1-5,8-9,12-13,16,24H,6-7,10-11,14-15H2/p+1. The van der Waals surface area contributed by atoms with Crippen molar-refractivity contribution in [3.05, 3.63) is 60.4 Å². The molecule has 1 aromatic carbocycles. The second-order valence-corrected chi connectivity index (χ2v) is 6.32. The number of carbonyl (C=O) groups excluding carboxylic acids is 1. The average molecular weight is 342 g/mol. The minimum absolute atomic E-state index is 0.231. The van der Waals surface area contributed by atoms with Gasteiger partial charge in [-0.1, -0.05) is 30.3 Å². The van der Waals surface area contributed by atoms with Crippen LogP contribution >= 0.6 is 0 Å². The number of nitrogens with zero attached hydrogens (tertiary/aromatic N) is 2. The van der Waals surface area contributed by atoms with Gasteiger partial charge in [-0.25, -0.2) is 4.79 Å². The van der Waals surface area contributed by atoms with Crippen molar-refractivity contribution in [3.8, 4) is 0 Å². The van der Waals surface area contributed by atoms with Gasteiger partial charge in [-0.05, 0) is 24.3 Å². The molecule has 1 saturated heterocycles. The molecule has 0 spiro atoms. The van der Waals surface area contributed by atoms with Crippen LogP contribution in [0.2, 0.25) is 0 Å². The Balaban J connectivity index is 1.37. The lowest BCUT2D eigenvalue weighted by Crippen LogP contribution is -2.40. The molecule has 0 unspecified atom stereocenters. The predicted octanol–water partition coefficient (Wildman–Crippen LogP) is 2.67. The van der Waals surface area contributed by atoms with E-state index >= 15 is 0 Å². The first-order valence-corrected chi connectivity index (χ1v) is 8.61. The fourth-order valence-electron chi connectivity index (χ4n) is 2.93. The van der Waals surface area contributed by atoms with Crippen molar-refractivity contribution in [1.29, 1.82) is 0 Å². The maximum Gasteiger partial charge on any atom is 0.410 e. The number of benzene rings is 1. The van der Waals surface area contributed by atoms with Crippen LogP contribution in [0.5, 0.6) is 0 Å². The Labute approximate surface area is 147 Å². The number of anilines is 1. The third-order valence-electron chi connectivity index (χ3n) is 4.49. The van der Waals surface area contributed by atoms with E-state index in [1.54, 1.807) is 17.3 Å². The Morgan fingerprint density at radius 2 is 1.84 bits per heavy atom. The molecule has 1 aromatic heterocycles. The number of piperidine rings is 1. The van der Waals surface area contributed by atoms with Crippen LogP contribution in [-0.2, 0) is 11.3 Å². The summed E-state index contributed by atoms with van der Waals surface area (Å²) in [5.41, 5.74) is 1.98. The minimum atomic E-state index is -0.231. The Morgan fingerprint density at radius 1 is 1.16 bits per heavy atom. The molecule has 2 aromatic rings. The molecule has 2 heterocycles. The van der Waals surface area contributed by atoms with Crippen LogP contribution < -0.4 is 10.0 Å². The van der Waals surface area contributed by atoms with E-state index in [-0.39, 0.29) is 6.09 Å². The number of carbonyl (C=O) groups is 1. The van der Waals surface area contributed by atoms with Crippen LogP contribution in [0.1, 0.15) is 18.4 Å². The third-order valence-corrected chi connectivity index (χ3v) is 4.49. The molecule has 0 bridgehead atoms. The molecule has 0 radical (unpaired) electrons. The SMILES string of the molecule is O=C(OCc1ccccc1)N1CCC(CNc2cc[n+](O)cc2)CC1. The molecule has 6 nitrogen and oxygen atoms in total. The molecule has 0 atom stereocenters. The van der Waals surface area contributed by atoms with Crippen molar-refractivity contribution < 1.29 is 19.5 Å². The molecule has 0 aliphatic carbocycles. The van der Waals surface area contributed by atoms with Gasteiger partial charge in [0, 0.05) is 42.2 Å². The number of ether oxygens (including phenoxy) is 1. The highest BCUT2D eigenvalue weighted by molar-refractivity contribution is 5.67. The van der Waals surface area contributed by atoms with Crippen LogP contribution in [0.4, 0.5) is 10.5 Å². The van der Waals surface area contributed by atoms with Gasteiger partial charge in [0.25, 0.3) is 0 Å². The van der Waals surface area contributed by atoms with Crippen LogP contribution in [-0.4, -0.2) is 35.8 Å². The van der Waals surface area contributed by atoms with Gasteiger partial charge in [0.1, 0.15) is 6.61 Å². The van der Waals surface area contributed by atoms with Crippen molar-refractivity contribution >= 4 is 11.8 Å². The number of pyridine rings is 1. The zero-order valence-corrected chi connectivity index (χ0v) is 14.2. The summed E-state index contributed by atoms with van der Waals surface area (Å²) in [5.74, 6) is 0.527. The number of hydrogen-bond acceptors (Lipinski definition) is 4. The Kier molecular flexibility index (Phi) is 5.72. The smallest absolute Gasteiger partial charge is 0.410 e. The Morgan fingerprint density at radius 3 is 2.52 bits per heavy atom. The molecule has 25 heavy (non-hydrogen) atoms. The minimum Gasteiger partial charge on any atom is -0.445 e. The molecule has 2 N–H and O–H groups in total. The van der Waals surface area contributed by atoms with Gasteiger partial charge in [-0.3, -0.25) is 5.21 Å². The molecule has 0 saturated carbocycles. The van der Waals surface area contributed by atoms with Gasteiger partial charge in [0.05, 0.1) is 0 Å². The monoisotopic (exact) mass is 342 g/mol. The lowest BCUT2D eigenvalue weighted by atomic mass is 9.97. The Bertz CT molecular complexity index is 668. The largest absolute Gasteiger partial charge is 0.445 e. The molecule has 6 heteroatoms. The van der Waals surface area contributed by atoms with Crippen molar-refractivity contribution in [2.75, 3.05) is 25.0 Å². The zero-order chi connectivity index (χ0) is 17.5. The average Bonchev–Trinajstić information content (AvgIpc) is 2.67. The molecule has 1 fully saturated rings. The van der Waals surface area contributed by atoms with Crippen molar-refractivity contribution in [2.24, 2.45) is 5.92 Å². The highest BCUT2D eigenvalue weighted by atomic mass is 16.6. The first kappa shape index (κ1) is 17.1. The molecule has 132 valence electrons. The van der Waals surface area contributed by atoms with Gasteiger partial charge < -0.3 is 15.0 Å². The summed E-state index contributed by atoms with van der Waals surface area (Å²) < 4.78 is 6.41. The highest BCUT2D eigenvalue weighted by Gasteiger charge is 2.23. The number of aromatic nitrogens is 1. The summed E-state index contributed by atoms with van der Waals surface area (Å²) in [5, 5.41) is 12.6. The van der Waals surface area contributed by atoms with E-state index in [1.807, 2.05) is 42.5 Å². The topological polar surface area (TPSA) is 65.7 Å². The van der Waals surface area contributed by atoms with E-state index in [0.29, 0.717) is 12.5 Å². The summed E-state index contributed by atoms with van der Waals surface area (Å²) in [4.78, 5) is 13.9. The van der Waals surface area contributed by atoms with Gasteiger partial charge in [0.15, 0.2) is 0 Å². The lowest BCUT2D eigenvalue weighted by Gasteiger charge is -2.31. The Hall–Kier alpha value is -2.76. The number of likely N-dealkylation sites (tertiary alicyclic amines) is 1. The van der Waals surface area contributed by atoms with Gasteiger partial charge in [-0.2, -0.15) is 0 Å². The molecular weight excluding hydrogens is 318 g/mol. The zero-order valence-electron chi connectivity index (χ0n) is 14.2. The van der Waals surface area contributed by atoms with Crippen molar-refractivity contribution in [3.63, 3.8) is 0 Å². The summed E-state index contributed by atoms with van der Waals surface area (Å²) in [6.45, 7) is 2.64. The fourth-order valence-corrected chi connectivity index (χ4v) is 2.93. The fraction of sp³-hybridized carbons (Fsp3) is 0.368. The number of hydrogen-bond donors (Lipinski definition) is 2. The quantitative estimate of drug-likeness (QED) is 0.648. The van der Waals surface area contributed by atoms with E-state index in [0.717, 1.165) is 48.5 Å². The van der Waals surface area contributed by atoms with Crippen LogP contribution in [0, 0.1) is 5.92 Å². The maximum atomic E-state index is 12.2. The summed E-state index contributed by atoms with van der Waals surface area (Å²) in [6.07, 6.45) is 4.87. The summed E-state index contributed by atoms with van der Waals surface area (Å²) in [7, 11) is 0. The van der Waals surface area contributed by atoms with Gasteiger partial charge in [0.2, 0.25) is 12.4 Å². The number of nitrogens with one attached hydrogen (secondary N) is 1. The summed E-state index contributed by atoms with van der Waals surface area (Å²) >= 11 is 0. The van der Waals surface area contributed by atoms with E-state index in [2.05, 4.69) is 5.32 Å². The second kappa shape index (κ2) is 8.37. The van der Waals surface area contributed by atoms with Crippen LogP contribution in [0.3, 0.4) is 0 Å². The maximum absolute atomic E-state index is 12.2. The van der Waals surface area contributed by atoms with E-state index in [9.17, 15) is 10.0 Å².